The first-order valence-electron chi connectivity index (χ1n) is 11.0. The third-order valence-electron chi connectivity index (χ3n) is 5.01. The van der Waals surface area contributed by atoms with Crippen LogP contribution in [0.5, 0.6) is 0 Å². The molecule has 176 valence electrons. The number of allylic oxidation sites excluding steroid dienone is 1. The molecule has 1 heterocycles. The minimum absolute atomic E-state index is 0.137. The van der Waals surface area contributed by atoms with Crippen molar-refractivity contribution < 1.29 is 4.79 Å². The van der Waals surface area contributed by atoms with Gasteiger partial charge in [0.1, 0.15) is 0 Å². The van der Waals surface area contributed by atoms with Crippen molar-refractivity contribution in [3.8, 4) is 17.1 Å². The Morgan fingerprint density at radius 1 is 1.03 bits per heavy atom. The summed E-state index contributed by atoms with van der Waals surface area (Å²) in [6.07, 6.45) is 3.62. The molecule has 0 spiro atoms. The maximum atomic E-state index is 12.4. The Bertz CT molecular complexity index is 1350. The maximum Gasteiger partial charge on any atom is 0.250 e. The van der Waals surface area contributed by atoms with Crippen molar-refractivity contribution in [3.05, 3.63) is 101 Å². The fraction of sp³-hybridized carbons (Fsp3) is 0.111. The second kappa shape index (κ2) is 11.6. The van der Waals surface area contributed by atoms with Crippen LogP contribution in [0.4, 0.5) is 0 Å². The van der Waals surface area contributed by atoms with Crippen molar-refractivity contribution in [1.82, 2.24) is 20.2 Å². The van der Waals surface area contributed by atoms with E-state index in [0.29, 0.717) is 16.0 Å². The van der Waals surface area contributed by atoms with Gasteiger partial charge in [-0.1, -0.05) is 89.6 Å². The Balaban J connectivity index is 1.47. The van der Waals surface area contributed by atoms with Crippen LogP contribution in [0, 0.1) is 6.92 Å². The van der Waals surface area contributed by atoms with Gasteiger partial charge >= 0.3 is 0 Å². The van der Waals surface area contributed by atoms with Gasteiger partial charge in [0, 0.05) is 16.3 Å². The lowest BCUT2D eigenvalue weighted by molar-refractivity contribution is -0.118. The first-order valence-corrected chi connectivity index (χ1v) is 12.3. The van der Waals surface area contributed by atoms with Gasteiger partial charge in [0.25, 0.3) is 5.91 Å². The predicted octanol–water partition coefficient (Wildman–Crippen LogP) is 6.19. The number of halogens is 1. The lowest BCUT2D eigenvalue weighted by atomic mass is 10.1. The number of hydrogen-bond acceptors (Lipinski definition) is 5. The van der Waals surface area contributed by atoms with Gasteiger partial charge in [0.2, 0.25) is 0 Å². The average molecular weight is 502 g/mol. The zero-order valence-electron chi connectivity index (χ0n) is 19.4. The molecule has 0 aliphatic rings. The molecular formula is C27H24ClN5OS. The number of amides is 1. The Morgan fingerprint density at radius 2 is 1.74 bits per heavy atom. The zero-order valence-corrected chi connectivity index (χ0v) is 20.9. The number of hydrazone groups is 1. The lowest BCUT2D eigenvalue weighted by Gasteiger charge is -2.10. The summed E-state index contributed by atoms with van der Waals surface area (Å²) in [6, 6.07) is 25.4. The molecule has 0 atom stereocenters. The number of aromatic nitrogens is 3. The van der Waals surface area contributed by atoms with Crippen molar-refractivity contribution in [2.45, 2.75) is 19.0 Å². The van der Waals surface area contributed by atoms with Crippen LogP contribution in [0.1, 0.15) is 18.1 Å². The highest BCUT2D eigenvalue weighted by Gasteiger charge is 2.17. The van der Waals surface area contributed by atoms with E-state index in [1.165, 1.54) is 11.8 Å². The number of carbonyl (C=O) groups excluding carboxylic acids is 1. The maximum absolute atomic E-state index is 12.4. The van der Waals surface area contributed by atoms with E-state index < -0.39 is 0 Å². The Morgan fingerprint density at radius 3 is 2.46 bits per heavy atom. The van der Waals surface area contributed by atoms with Crippen LogP contribution < -0.4 is 5.43 Å². The van der Waals surface area contributed by atoms with E-state index in [0.717, 1.165) is 28.0 Å². The smallest absolute Gasteiger partial charge is 0.250 e. The predicted molar refractivity (Wildman–Crippen MR) is 144 cm³/mol. The quantitative estimate of drug-likeness (QED) is 0.177. The molecule has 0 saturated heterocycles. The fourth-order valence-corrected chi connectivity index (χ4v) is 4.16. The minimum Gasteiger partial charge on any atom is -0.272 e. The number of benzene rings is 3. The molecule has 4 rings (SSSR count). The first-order chi connectivity index (χ1) is 17.0. The molecule has 3 aromatic carbocycles. The molecule has 0 saturated carbocycles. The molecule has 0 aliphatic carbocycles. The van der Waals surface area contributed by atoms with Crippen LogP contribution in [0.15, 0.2) is 94.7 Å². The van der Waals surface area contributed by atoms with Crippen molar-refractivity contribution >= 4 is 41.6 Å². The number of rotatable bonds is 8. The molecule has 1 amide bonds. The third kappa shape index (κ3) is 6.68. The molecular weight excluding hydrogens is 478 g/mol. The summed E-state index contributed by atoms with van der Waals surface area (Å²) >= 11 is 7.38. The average Bonchev–Trinajstić information content (AvgIpc) is 3.28. The summed E-state index contributed by atoms with van der Waals surface area (Å²) in [5.41, 5.74) is 7.52. The van der Waals surface area contributed by atoms with Crippen LogP contribution >= 0.6 is 23.4 Å². The second-order valence-electron chi connectivity index (χ2n) is 7.86. The molecule has 8 heteroatoms. The fourth-order valence-electron chi connectivity index (χ4n) is 3.29. The number of nitrogens with zero attached hydrogens (tertiary/aromatic N) is 4. The van der Waals surface area contributed by atoms with E-state index >= 15 is 0 Å². The highest BCUT2D eigenvalue weighted by atomic mass is 35.5. The Kier molecular flexibility index (Phi) is 8.13. The molecule has 6 nitrogen and oxygen atoms in total. The van der Waals surface area contributed by atoms with Crippen LogP contribution in [-0.2, 0) is 4.79 Å². The van der Waals surface area contributed by atoms with Crippen LogP contribution in [0.2, 0.25) is 5.02 Å². The van der Waals surface area contributed by atoms with Gasteiger partial charge in [-0.05, 0) is 49.2 Å². The minimum atomic E-state index is -0.235. The van der Waals surface area contributed by atoms with Crippen LogP contribution in [0.25, 0.3) is 23.2 Å². The zero-order chi connectivity index (χ0) is 24.6. The molecule has 4 aromatic rings. The summed E-state index contributed by atoms with van der Waals surface area (Å²) < 4.78 is 1.93. The summed E-state index contributed by atoms with van der Waals surface area (Å²) in [5, 5.41) is 14.1. The molecule has 0 aliphatic heterocycles. The Hall–Kier alpha value is -3.68. The first kappa shape index (κ1) is 24.4. The van der Waals surface area contributed by atoms with E-state index in [-0.39, 0.29) is 11.7 Å². The van der Waals surface area contributed by atoms with Gasteiger partial charge < -0.3 is 0 Å². The van der Waals surface area contributed by atoms with Gasteiger partial charge in [0.15, 0.2) is 11.0 Å². The van der Waals surface area contributed by atoms with E-state index in [9.17, 15) is 4.79 Å². The van der Waals surface area contributed by atoms with Gasteiger partial charge in [0.05, 0.1) is 12.0 Å². The third-order valence-corrected chi connectivity index (χ3v) is 6.19. The van der Waals surface area contributed by atoms with Crippen LogP contribution in [-0.4, -0.2) is 32.6 Å². The van der Waals surface area contributed by atoms with E-state index in [1.807, 2.05) is 103 Å². The highest BCUT2D eigenvalue weighted by Crippen LogP contribution is 2.28. The molecule has 0 unspecified atom stereocenters. The standard InChI is InChI=1S/C27H24ClN5OS/c1-19-8-10-22(11-9-19)26-31-32-27(33(26)24-14-12-23(28)13-15-24)35-18-25(34)30-29-17-20(2)16-21-6-4-3-5-7-21/h3-17H,18H2,1-2H3,(H,30,34)/b20-16+,29-17-. The molecule has 0 fully saturated rings. The van der Waals surface area contributed by atoms with E-state index in [1.54, 1.807) is 6.21 Å². The normalized spacial score (nSPS) is 11.7. The van der Waals surface area contributed by atoms with Gasteiger partial charge in [-0.2, -0.15) is 5.10 Å². The summed E-state index contributed by atoms with van der Waals surface area (Å²) in [4.78, 5) is 12.4. The van der Waals surface area contributed by atoms with Gasteiger partial charge in [-0.15, -0.1) is 10.2 Å². The topological polar surface area (TPSA) is 72.2 Å². The highest BCUT2D eigenvalue weighted by molar-refractivity contribution is 7.99. The Labute approximate surface area is 213 Å². The van der Waals surface area contributed by atoms with Crippen molar-refractivity contribution in [2.24, 2.45) is 5.10 Å². The van der Waals surface area contributed by atoms with Gasteiger partial charge in [-0.3, -0.25) is 9.36 Å². The number of hydrogen-bond donors (Lipinski definition) is 1. The monoisotopic (exact) mass is 501 g/mol. The van der Waals surface area contributed by atoms with Crippen molar-refractivity contribution in [3.63, 3.8) is 0 Å². The molecule has 1 N–H and O–H groups in total. The molecule has 35 heavy (non-hydrogen) atoms. The second-order valence-corrected chi connectivity index (χ2v) is 9.24. The summed E-state index contributed by atoms with van der Waals surface area (Å²) in [6.45, 7) is 3.97. The number of aryl methyl sites for hydroxylation is 1. The molecule has 0 radical (unpaired) electrons. The largest absolute Gasteiger partial charge is 0.272 e. The summed E-state index contributed by atoms with van der Waals surface area (Å²) in [5.74, 6) is 0.592. The van der Waals surface area contributed by atoms with Gasteiger partial charge in [-0.25, -0.2) is 5.43 Å². The van der Waals surface area contributed by atoms with E-state index in [2.05, 4.69) is 20.7 Å². The number of carbonyl (C=O) groups is 1. The summed E-state index contributed by atoms with van der Waals surface area (Å²) in [7, 11) is 0. The molecule has 1 aromatic heterocycles. The van der Waals surface area contributed by atoms with E-state index in [4.69, 9.17) is 11.6 Å². The lowest BCUT2D eigenvalue weighted by Crippen LogP contribution is -2.20. The SMILES string of the molecule is CC(/C=N\NC(=O)CSc1nnc(-c2ccc(C)cc2)n1-c1ccc(Cl)cc1)=C\c1ccccc1. The number of thioether (sulfide) groups is 1. The van der Waals surface area contributed by atoms with Crippen LogP contribution in [0.3, 0.4) is 0 Å². The molecule has 0 bridgehead atoms. The van der Waals surface area contributed by atoms with Crippen molar-refractivity contribution in [1.29, 1.82) is 0 Å². The number of nitrogens with one attached hydrogen (secondary N) is 1. The van der Waals surface area contributed by atoms with Crippen molar-refractivity contribution in [2.75, 3.05) is 5.75 Å².